The second kappa shape index (κ2) is 9.99. The number of hydrogen-bond donors (Lipinski definition) is 0. The zero-order valence-corrected chi connectivity index (χ0v) is 23.2. The van der Waals surface area contributed by atoms with Gasteiger partial charge in [-0.3, -0.25) is 29.3 Å². The minimum Gasteiger partial charge on any atom is -0.292 e. The number of hydrazine groups is 1. The highest BCUT2D eigenvalue weighted by Gasteiger charge is 2.63. The number of carbonyl (C=O) groups excluding carboxylic acids is 4. The third kappa shape index (κ3) is 3.99. The number of Topliss-reactive ketones (excluding diaryl/α,β-unsaturated/α-hetero) is 1. The fraction of sp³-hybridized carbons (Fsp3) is 0.152. The molecule has 1 saturated heterocycles. The largest absolute Gasteiger partial charge is 0.292 e. The third-order valence-electron chi connectivity index (χ3n) is 8.70. The van der Waals surface area contributed by atoms with E-state index in [2.05, 4.69) is 0 Å². The van der Waals surface area contributed by atoms with Crippen LogP contribution in [0.2, 0.25) is 5.02 Å². The standard InChI is InChI=1S/C33H22ClN3O6/c34-25-12-6-5-11-24(25)31(39)35(17-26(38)18-13-15-19(16-14-18)37(42)43)36-32(40)29-27-20-7-1-2-8-21(20)28(30(29)33(36)41)23-10-4-3-9-22(23)27/h1-16,27-30H,17H2/t27?,28?,29-,30-/m0/s1. The molecule has 10 heteroatoms. The predicted molar refractivity (Wildman–Crippen MR) is 155 cm³/mol. The van der Waals surface area contributed by atoms with Gasteiger partial charge in [0.25, 0.3) is 23.4 Å². The van der Waals surface area contributed by atoms with Gasteiger partial charge in [0.2, 0.25) is 0 Å². The van der Waals surface area contributed by atoms with Gasteiger partial charge in [-0.05, 0) is 46.5 Å². The van der Waals surface area contributed by atoms with E-state index in [4.69, 9.17) is 11.6 Å². The van der Waals surface area contributed by atoms with Crippen LogP contribution in [-0.2, 0) is 9.59 Å². The van der Waals surface area contributed by atoms with Crippen LogP contribution >= 0.6 is 11.6 Å². The summed E-state index contributed by atoms with van der Waals surface area (Å²) in [5.74, 6) is -4.85. The normalized spacial score (nSPS) is 21.2. The number of halogens is 1. The minimum absolute atomic E-state index is 0.0192. The zero-order valence-electron chi connectivity index (χ0n) is 22.4. The molecule has 4 aromatic rings. The summed E-state index contributed by atoms with van der Waals surface area (Å²) in [6.45, 7) is -0.659. The van der Waals surface area contributed by atoms with Crippen LogP contribution in [0.3, 0.4) is 0 Å². The number of nitrogens with zero attached hydrogens (tertiary/aromatic N) is 3. The van der Waals surface area contributed by atoms with Crippen molar-refractivity contribution < 1.29 is 24.1 Å². The van der Waals surface area contributed by atoms with Crippen LogP contribution in [0.4, 0.5) is 5.69 Å². The lowest BCUT2D eigenvalue weighted by Crippen LogP contribution is -2.52. The molecular formula is C33H22ClN3O6. The third-order valence-corrected chi connectivity index (χ3v) is 9.03. The number of hydrogen-bond acceptors (Lipinski definition) is 6. The number of ketones is 1. The van der Waals surface area contributed by atoms with Gasteiger partial charge < -0.3 is 0 Å². The molecule has 0 N–H and O–H groups in total. The van der Waals surface area contributed by atoms with E-state index in [0.29, 0.717) is 0 Å². The van der Waals surface area contributed by atoms with Gasteiger partial charge in [0.05, 0.1) is 27.3 Å². The van der Waals surface area contributed by atoms with Crippen LogP contribution in [0, 0.1) is 22.0 Å². The Hall–Kier alpha value is -5.15. The molecule has 9 nitrogen and oxygen atoms in total. The van der Waals surface area contributed by atoms with Crippen LogP contribution in [0.5, 0.6) is 0 Å². The Labute approximate surface area is 250 Å². The molecule has 0 aromatic heterocycles. The summed E-state index contributed by atoms with van der Waals surface area (Å²) < 4.78 is 0. The second-order valence-corrected chi connectivity index (χ2v) is 11.2. The first-order valence-corrected chi connectivity index (χ1v) is 14.0. The zero-order chi connectivity index (χ0) is 30.0. The Morgan fingerprint density at radius 3 is 1.67 bits per heavy atom. The summed E-state index contributed by atoms with van der Waals surface area (Å²) in [5, 5.41) is 12.9. The van der Waals surface area contributed by atoms with E-state index < -0.39 is 58.6 Å². The molecule has 1 aliphatic heterocycles. The van der Waals surface area contributed by atoms with Gasteiger partial charge in [0, 0.05) is 29.5 Å². The number of benzene rings is 4. The summed E-state index contributed by atoms with van der Waals surface area (Å²) >= 11 is 6.36. The molecule has 2 atom stereocenters. The van der Waals surface area contributed by atoms with Crippen molar-refractivity contribution in [2.24, 2.45) is 11.8 Å². The molecule has 3 amide bonds. The van der Waals surface area contributed by atoms with Crippen molar-refractivity contribution in [2.75, 3.05) is 6.54 Å². The molecule has 0 saturated carbocycles. The van der Waals surface area contributed by atoms with Crippen LogP contribution in [0.25, 0.3) is 0 Å². The Bertz CT molecular complexity index is 1760. The average Bonchev–Trinajstić information content (AvgIpc) is 3.29. The minimum atomic E-state index is -0.788. The molecule has 3 aliphatic carbocycles. The molecule has 1 fully saturated rings. The lowest BCUT2D eigenvalue weighted by molar-refractivity contribution is -0.384. The number of rotatable bonds is 6. The molecule has 212 valence electrons. The van der Waals surface area contributed by atoms with E-state index in [1.807, 2.05) is 48.5 Å². The van der Waals surface area contributed by atoms with E-state index in [-0.39, 0.29) is 21.8 Å². The predicted octanol–water partition coefficient (Wildman–Crippen LogP) is 5.38. The molecule has 1 heterocycles. The first kappa shape index (κ1) is 26.7. The van der Waals surface area contributed by atoms with Gasteiger partial charge in [0.1, 0.15) is 6.54 Å². The fourth-order valence-corrected chi connectivity index (χ4v) is 7.12. The van der Waals surface area contributed by atoms with Crippen LogP contribution in [0.15, 0.2) is 97.1 Å². The summed E-state index contributed by atoms with van der Waals surface area (Å²) in [4.78, 5) is 66.7. The van der Waals surface area contributed by atoms with Crippen molar-refractivity contribution >= 4 is 40.8 Å². The SMILES string of the molecule is O=C(CN(C(=O)c1ccccc1Cl)N1C(=O)[C@H]2C3c4ccccc4C(c4ccccc43)[C@@H]2C1=O)c1ccc([N+](=O)[O-])cc1. The van der Waals surface area contributed by atoms with Crippen molar-refractivity contribution in [3.63, 3.8) is 0 Å². The van der Waals surface area contributed by atoms with Gasteiger partial charge in [-0.2, -0.15) is 5.01 Å². The second-order valence-electron chi connectivity index (χ2n) is 10.8. The average molecular weight is 592 g/mol. The molecule has 4 aliphatic rings. The van der Waals surface area contributed by atoms with E-state index in [9.17, 15) is 29.3 Å². The monoisotopic (exact) mass is 591 g/mol. The Morgan fingerprint density at radius 1 is 0.744 bits per heavy atom. The highest BCUT2D eigenvalue weighted by atomic mass is 35.5. The van der Waals surface area contributed by atoms with E-state index in [0.717, 1.165) is 32.3 Å². The summed E-state index contributed by atoms with van der Waals surface area (Å²) in [6.07, 6.45) is 0. The fourth-order valence-electron chi connectivity index (χ4n) is 6.90. The van der Waals surface area contributed by atoms with Crippen molar-refractivity contribution in [3.8, 4) is 0 Å². The number of imide groups is 1. The topological polar surface area (TPSA) is 118 Å². The van der Waals surface area contributed by atoms with Crippen molar-refractivity contribution in [3.05, 3.63) is 146 Å². The van der Waals surface area contributed by atoms with E-state index >= 15 is 0 Å². The molecule has 43 heavy (non-hydrogen) atoms. The van der Waals surface area contributed by atoms with Crippen molar-refractivity contribution in [1.29, 1.82) is 0 Å². The Morgan fingerprint density at radius 2 is 1.21 bits per heavy atom. The summed E-state index contributed by atoms with van der Waals surface area (Å²) in [5.41, 5.74) is 3.79. The van der Waals surface area contributed by atoms with E-state index in [1.54, 1.807) is 12.1 Å². The number of non-ortho nitro benzene ring substituents is 1. The number of nitro groups is 1. The smallest absolute Gasteiger partial charge is 0.274 e. The van der Waals surface area contributed by atoms with Crippen molar-refractivity contribution in [1.82, 2.24) is 10.0 Å². The van der Waals surface area contributed by atoms with E-state index in [1.165, 1.54) is 36.4 Å². The molecule has 0 radical (unpaired) electrons. The Kier molecular flexibility index (Phi) is 6.21. The van der Waals surface area contributed by atoms with Gasteiger partial charge in [-0.1, -0.05) is 72.3 Å². The lowest BCUT2D eigenvalue weighted by Gasteiger charge is -2.45. The van der Waals surface area contributed by atoms with Crippen LogP contribution < -0.4 is 0 Å². The summed E-state index contributed by atoms with van der Waals surface area (Å²) in [6, 6.07) is 26.7. The highest BCUT2D eigenvalue weighted by molar-refractivity contribution is 6.34. The Balaban J connectivity index is 1.32. The van der Waals surface area contributed by atoms with Crippen LogP contribution in [0.1, 0.15) is 54.8 Å². The lowest BCUT2D eigenvalue weighted by atomic mass is 9.55. The first-order chi connectivity index (χ1) is 20.8. The molecule has 2 bridgehead atoms. The maximum Gasteiger partial charge on any atom is 0.274 e. The number of carbonyl (C=O) groups is 4. The summed E-state index contributed by atoms with van der Waals surface area (Å²) in [7, 11) is 0. The maximum absolute atomic E-state index is 14.4. The molecule has 0 unspecified atom stereocenters. The van der Waals surface area contributed by atoms with Gasteiger partial charge in [0.15, 0.2) is 5.78 Å². The molecule has 0 spiro atoms. The molecular weight excluding hydrogens is 570 g/mol. The maximum atomic E-state index is 14.4. The van der Waals surface area contributed by atoms with Crippen molar-refractivity contribution in [2.45, 2.75) is 11.8 Å². The molecule has 4 aromatic carbocycles. The highest BCUT2D eigenvalue weighted by Crippen LogP contribution is 2.61. The molecule has 8 rings (SSSR count). The number of nitro benzene ring substituents is 1. The first-order valence-electron chi connectivity index (χ1n) is 13.7. The van der Waals surface area contributed by atoms with Gasteiger partial charge >= 0.3 is 0 Å². The van der Waals surface area contributed by atoms with Gasteiger partial charge in [-0.15, -0.1) is 0 Å². The number of amides is 3. The van der Waals surface area contributed by atoms with Gasteiger partial charge in [-0.25, -0.2) is 5.01 Å². The van der Waals surface area contributed by atoms with Crippen LogP contribution in [-0.4, -0.2) is 45.0 Å². The quantitative estimate of drug-likeness (QED) is 0.129.